The van der Waals surface area contributed by atoms with Gasteiger partial charge in [0.25, 0.3) is 5.56 Å². The summed E-state index contributed by atoms with van der Waals surface area (Å²) < 4.78 is 4.07. The molecule has 1 N–H and O–H groups in total. The Morgan fingerprint density at radius 3 is 2.76 bits per heavy atom. The van der Waals surface area contributed by atoms with Gasteiger partial charge in [-0.05, 0) is 41.9 Å². The van der Waals surface area contributed by atoms with Crippen LogP contribution in [0.1, 0.15) is 22.2 Å². The Labute approximate surface area is 199 Å². The van der Waals surface area contributed by atoms with Crippen molar-refractivity contribution in [3.63, 3.8) is 0 Å². The number of ketones is 1. The smallest absolute Gasteiger partial charge is 0.273 e. The van der Waals surface area contributed by atoms with Crippen LogP contribution >= 0.6 is 34.4 Å². The van der Waals surface area contributed by atoms with E-state index in [4.69, 9.17) is 0 Å². The number of carbonyl (C=O) groups excluding carboxylic acids is 2. The van der Waals surface area contributed by atoms with Crippen LogP contribution in [0.25, 0.3) is 16.0 Å². The average molecular weight is 496 g/mol. The molecular formula is C22H17N5O3S3. The Bertz CT molecular complexity index is 1550. The summed E-state index contributed by atoms with van der Waals surface area (Å²) in [5.41, 5.74) is 1.72. The first kappa shape index (κ1) is 21.6. The van der Waals surface area contributed by atoms with Crippen LogP contribution in [0, 0.1) is 0 Å². The van der Waals surface area contributed by atoms with Crippen molar-refractivity contribution in [2.24, 2.45) is 0 Å². The Kier molecular flexibility index (Phi) is 5.83. The number of fused-ring (bicyclic) bond motifs is 3. The van der Waals surface area contributed by atoms with Crippen molar-refractivity contribution >= 4 is 67.8 Å². The standard InChI is InChI=1S/C22H17N5O3S3/c1-13(28)14-4-2-5-15(10-14)23-18(29)12-33-22-25-24-21-26(11-16-6-3-8-31-16)20(30)19-17(27(21)22)7-9-32-19/h2-10H,11-12H2,1H3,(H,23,29). The molecule has 5 aromatic rings. The topological polar surface area (TPSA) is 98.4 Å². The third-order valence-electron chi connectivity index (χ3n) is 4.96. The van der Waals surface area contributed by atoms with E-state index < -0.39 is 0 Å². The van der Waals surface area contributed by atoms with Crippen molar-refractivity contribution in [3.05, 3.63) is 74.0 Å². The van der Waals surface area contributed by atoms with Gasteiger partial charge in [0.05, 0.1) is 17.8 Å². The van der Waals surface area contributed by atoms with Crippen LogP contribution in [-0.4, -0.2) is 36.6 Å². The van der Waals surface area contributed by atoms with E-state index in [1.807, 2.05) is 33.4 Å². The molecule has 0 atom stereocenters. The summed E-state index contributed by atoms with van der Waals surface area (Å²) in [6, 6.07) is 12.6. The van der Waals surface area contributed by atoms with Crippen molar-refractivity contribution in [2.45, 2.75) is 18.6 Å². The molecule has 8 nitrogen and oxygen atoms in total. The highest BCUT2D eigenvalue weighted by Gasteiger charge is 2.19. The van der Waals surface area contributed by atoms with Gasteiger partial charge in [0.1, 0.15) is 4.70 Å². The van der Waals surface area contributed by atoms with Gasteiger partial charge in [-0.3, -0.25) is 23.4 Å². The number of carbonyl (C=O) groups is 2. The van der Waals surface area contributed by atoms with Gasteiger partial charge in [-0.15, -0.1) is 32.9 Å². The lowest BCUT2D eigenvalue weighted by atomic mass is 10.1. The van der Waals surface area contributed by atoms with Gasteiger partial charge in [0.2, 0.25) is 11.7 Å². The van der Waals surface area contributed by atoms with Crippen LogP contribution in [0.15, 0.2) is 63.2 Å². The Morgan fingerprint density at radius 2 is 1.97 bits per heavy atom. The van der Waals surface area contributed by atoms with E-state index in [1.54, 1.807) is 40.2 Å². The predicted molar refractivity (Wildman–Crippen MR) is 132 cm³/mol. The maximum Gasteiger partial charge on any atom is 0.273 e. The quantitative estimate of drug-likeness (QED) is 0.269. The van der Waals surface area contributed by atoms with E-state index in [1.165, 1.54) is 30.0 Å². The first-order chi connectivity index (χ1) is 16.0. The van der Waals surface area contributed by atoms with Crippen LogP contribution in [0.4, 0.5) is 5.69 Å². The predicted octanol–water partition coefficient (Wildman–Crippen LogP) is 4.15. The molecule has 11 heteroatoms. The molecule has 1 amide bonds. The fourth-order valence-corrected chi connectivity index (χ4v) is 5.69. The molecular weight excluding hydrogens is 478 g/mol. The van der Waals surface area contributed by atoms with E-state index in [0.29, 0.717) is 33.4 Å². The average Bonchev–Trinajstić information content (AvgIpc) is 3.56. The van der Waals surface area contributed by atoms with Crippen LogP contribution in [0.3, 0.4) is 0 Å². The molecule has 0 aliphatic rings. The Hall–Kier alpha value is -3.28. The summed E-state index contributed by atoms with van der Waals surface area (Å²) >= 11 is 4.19. The Balaban J connectivity index is 1.43. The summed E-state index contributed by atoms with van der Waals surface area (Å²) in [7, 11) is 0. The second-order valence-electron chi connectivity index (χ2n) is 7.20. The molecule has 5 rings (SSSR count). The van der Waals surface area contributed by atoms with Crippen molar-refractivity contribution in [3.8, 4) is 0 Å². The fourth-order valence-electron chi connectivity index (χ4n) is 3.44. The minimum Gasteiger partial charge on any atom is -0.325 e. The zero-order valence-electron chi connectivity index (χ0n) is 17.3. The maximum atomic E-state index is 13.1. The number of rotatable bonds is 7. The van der Waals surface area contributed by atoms with Crippen molar-refractivity contribution in [1.29, 1.82) is 0 Å². The van der Waals surface area contributed by atoms with Gasteiger partial charge in [0.15, 0.2) is 10.9 Å². The number of thioether (sulfide) groups is 1. The molecule has 4 heterocycles. The van der Waals surface area contributed by atoms with E-state index >= 15 is 0 Å². The van der Waals surface area contributed by atoms with Crippen molar-refractivity contribution < 1.29 is 9.59 Å². The first-order valence-electron chi connectivity index (χ1n) is 9.92. The van der Waals surface area contributed by atoms with E-state index in [-0.39, 0.29) is 23.0 Å². The molecule has 0 saturated heterocycles. The van der Waals surface area contributed by atoms with Crippen LogP contribution in [-0.2, 0) is 11.3 Å². The minimum absolute atomic E-state index is 0.0659. The number of aromatic nitrogens is 4. The first-order valence-corrected chi connectivity index (χ1v) is 12.7. The monoisotopic (exact) mass is 495 g/mol. The van der Waals surface area contributed by atoms with Gasteiger partial charge in [0, 0.05) is 16.1 Å². The van der Waals surface area contributed by atoms with Gasteiger partial charge in [-0.1, -0.05) is 30.0 Å². The largest absolute Gasteiger partial charge is 0.325 e. The lowest BCUT2D eigenvalue weighted by molar-refractivity contribution is -0.113. The number of nitrogens with zero attached hydrogens (tertiary/aromatic N) is 4. The van der Waals surface area contributed by atoms with Crippen LogP contribution in [0.2, 0.25) is 0 Å². The lowest BCUT2D eigenvalue weighted by Gasteiger charge is -2.09. The number of hydrogen-bond acceptors (Lipinski definition) is 8. The number of nitrogens with one attached hydrogen (secondary N) is 1. The molecule has 0 radical (unpaired) electrons. The van der Waals surface area contributed by atoms with Gasteiger partial charge >= 0.3 is 0 Å². The van der Waals surface area contributed by atoms with Crippen LogP contribution < -0.4 is 10.9 Å². The third kappa shape index (κ3) is 4.22. The second-order valence-corrected chi connectivity index (χ2v) is 10.1. The Morgan fingerprint density at radius 1 is 1.09 bits per heavy atom. The molecule has 0 aliphatic heterocycles. The molecule has 0 spiro atoms. The third-order valence-corrected chi connectivity index (χ3v) is 7.64. The van der Waals surface area contributed by atoms with Gasteiger partial charge in [-0.2, -0.15) is 0 Å². The maximum absolute atomic E-state index is 13.1. The molecule has 0 unspecified atom stereocenters. The summed E-state index contributed by atoms with van der Waals surface area (Å²) in [6.07, 6.45) is 0. The lowest BCUT2D eigenvalue weighted by Crippen LogP contribution is -2.22. The molecule has 0 aliphatic carbocycles. The molecule has 0 bridgehead atoms. The van der Waals surface area contributed by atoms with Gasteiger partial charge < -0.3 is 5.32 Å². The highest BCUT2D eigenvalue weighted by atomic mass is 32.2. The highest BCUT2D eigenvalue weighted by Crippen LogP contribution is 2.25. The summed E-state index contributed by atoms with van der Waals surface area (Å²) in [5.74, 6) is 0.242. The normalized spacial score (nSPS) is 11.3. The zero-order valence-corrected chi connectivity index (χ0v) is 19.8. The number of Topliss-reactive ketones (excluding diaryl/α,β-unsaturated/α-hetero) is 1. The minimum atomic E-state index is -0.231. The SMILES string of the molecule is CC(=O)c1cccc(NC(=O)CSc2nnc3n(Cc4cccs4)c(=O)c4sccc4n23)c1. The molecule has 4 aromatic heterocycles. The number of anilines is 1. The van der Waals surface area contributed by atoms with E-state index in [2.05, 4.69) is 15.5 Å². The second kappa shape index (κ2) is 8.93. The number of thiophene rings is 2. The fraction of sp³-hybridized carbons (Fsp3) is 0.136. The summed E-state index contributed by atoms with van der Waals surface area (Å²) in [4.78, 5) is 38.2. The zero-order chi connectivity index (χ0) is 22.9. The molecule has 0 fully saturated rings. The van der Waals surface area contributed by atoms with Gasteiger partial charge in [-0.25, -0.2) is 0 Å². The number of benzene rings is 1. The highest BCUT2D eigenvalue weighted by molar-refractivity contribution is 7.99. The van der Waals surface area contributed by atoms with Crippen LogP contribution in [0.5, 0.6) is 0 Å². The van der Waals surface area contributed by atoms with Crippen molar-refractivity contribution in [1.82, 2.24) is 19.2 Å². The molecule has 1 aromatic carbocycles. The number of amides is 1. The summed E-state index contributed by atoms with van der Waals surface area (Å²) in [6.45, 7) is 1.89. The molecule has 0 saturated carbocycles. The summed E-state index contributed by atoms with van der Waals surface area (Å²) in [5, 5.41) is 15.7. The van der Waals surface area contributed by atoms with E-state index in [9.17, 15) is 14.4 Å². The molecule has 166 valence electrons. The van der Waals surface area contributed by atoms with Crippen molar-refractivity contribution in [2.75, 3.05) is 11.1 Å². The van der Waals surface area contributed by atoms with E-state index in [0.717, 1.165) is 10.4 Å². The molecule has 33 heavy (non-hydrogen) atoms. The number of hydrogen-bond donors (Lipinski definition) is 1.